The molecule has 4 nitrogen and oxygen atoms in total. The Bertz CT molecular complexity index is 723. The molecule has 7 heteroatoms. The van der Waals surface area contributed by atoms with E-state index in [2.05, 4.69) is 10.2 Å². The van der Waals surface area contributed by atoms with Crippen LogP contribution >= 0.6 is 0 Å². The van der Waals surface area contributed by atoms with Crippen molar-refractivity contribution in [2.24, 2.45) is 0 Å². The molecule has 0 aliphatic carbocycles. The fourth-order valence-electron chi connectivity index (χ4n) is 2.94. The first-order chi connectivity index (χ1) is 12.0. The first-order valence-corrected chi connectivity index (χ1v) is 8.11. The SMILES string of the molecule is O=C(C[NH+]1CCN(c2ccc(F)cc2)CC1)Nc1c(F)cccc1F. The molecule has 132 valence electrons. The van der Waals surface area contributed by atoms with E-state index in [0.717, 1.165) is 35.8 Å². The normalized spacial score (nSPS) is 15.2. The summed E-state index contributed by atoms with van der Waals surface area (Å²) in [5.41, 5.74) is 0.537. The molecule has 0 radical (unpaired) electrons. The molecule has 0 bridgehead atoms. The van der Waals surface area contributed by atoms with E-state index in [9.17, 15) is 18.0 Å². The fourth-order valence-corrected chi connectivity index (χ4v) is 2.94. The van der Waals surface area contributed by atoms with Gasteiger partial charge < -0.3 is 15.1 Å². The number of carbonyl (C=O) groups is 1. The first kappa shape index (κ1) is 17.3. The number of quaternary nitrogens is 1. The molecule has 25 heavy (non-hydrogen) atoms. The fraction of sp³-hybridized carbons (Fsp3) is 0.278. The summed E-state index contributed by atoms with van der Waals surface area (Å²) in [7, 11) is 0. The minimum Gasteiger partial charge on any atom is -0.360 e. The van der Waals surface area contributed by atoms with Crippen molar-refractivity contribution in [3.05, 3.63) is 59.9 Å². The summed E-state index contributed by atoms with van der Waals surface area (Å²) in [6.07, 6.45) is 0. The number of hydrogen-bond donors (Lipinski definition) is 2. The Hall–Kier alpha value is -2.54. The van der Waals surface area contributed by atoms with E-state index in [0.29, 0.717) is 13.1 Å². The van der Waals surface area contributed by atoms with Gasteiger partial charge in [-0.15, -0.1) is 0 Å². The molecule has 3 rings (SSSR count). The second-order valence-corrected chi connectivity index (χ2v) is 6.04. The van der Waals surface area contributed by atoms with E-state index in [-0.39, 0.29) is 12.4 Å². The molecule has 2 aromatic carbocycles. The quantitative estimate of drug-likeness (QED) is 0.876. The predicted molar refractivity (Wildman–Crippen MR) is 89.2 cm³/mol. The van der Waals surface area contributed by atoms with Gasteiger partial charge in [-0.05, 0) is 36.4 Å². The van der Waals surface area contributed by atoms with Crippen LogP contribution in [0.4, 0.5) is 24.5 Å². The number of benzene rings is 2. The van der Waals surface area contributed by atoms with Gasteiger partial charge in [0.25, 0.3) is 5.91 Å². The number of hydrogen-bond acceptors (Lipinski definition) is 2. The second-order valence-electron chi connectivity index (χ2n) is 6.04. The number of nitrogens with zero attached hydrogens (tertiary/aromatic N) is 1. The maximum Gasteiger partial charge on any atom is 0.279 e. The summed E-state index contributed by atoms with van der Waals surface area (Å²) in [6.45, 7) is 3.02. The molecule has 1 aliphatic rings. The molecule has 0 saturated carbocycles. The van der Waals surface area contributed by atoms with Crippen molar-refractivity contribution in [3.63, 3.8) is 0 Å². The van der Waals surface area contributed by atoms with Crippen LogP contribution in [0.5, 0.6) is 0 Å². The third-order valence-electron chi connectivity index (χ3n) is 4.30. The number of piperazine rings is 1. The second kappa shape index (κ2) is 7.57. The van der Waals surface area contributed by atoms with Crippen LogP contribution in [-0.2, 0) is 4.79 Å². The van der Waals surface area contributed by atoms with Gasteiger partial charge in [0, 0.05) is 5.69 Å². The molecule has 0 aromatic heterocycles. The topological polar surface area (TPSA) is 36.8 Å². The molecule has 0 unspecified atom stereocenters. The molecule has 1 aliphatic heterocycles. The van der Waals surface area contributed by atoms with Crippen molar-refractivity contribution in [1.82, 2.24) is 0 Å². The van der Waals surface area contributed by atoms with Gasteiger partial charge in [-0.3, -0.25) is 4.79 Å². The van der Waals surface area contributed by atoms with Crippen LogP contribution in [0.15, 0.2) is 42.5 Å². The first-order valence-electron chi connectivity index (χ1n) is 8.11. The summed E-state index contributed by atoms with van der Waals surface area (Å²) in [5.74, 6) is -2.27. The third kappa shape index (κ3) is 4.30. The highest BCUT2D eigenvalue weighted by Gasteiger charge is 2.23. The zero-order chi connectivity index (χ0) is 17.8. The molecule has 1 saturated heterocycles. The zero-order valence-electron chi connectivity index (χ0n) is 13.6. The molecule has 1 fully saturated rings. The number of para-hydroxylation sites is 1. The van der Waals surface area contributed by atoms with Crippen molar-refractivity contribution in [3.8, 4) is 0 Å². The lowest BCUT2D eigenvalue weighted by Crippen LogP contribution is -3.15. The molecule has 0 spiro atoms. The highest BCUT2D eigenvalue weighted by molar-refractivity contribution is 5.91. The average molecular weight is 350 g/mol. The molecule has 2 N–H and O–H groups in total. The summed E-state index contributed by atoms with van der Waals surface area (Å²) >= 11 is 0. The van der Waals surface area contributed by atoms with Gasteiger partial charge in [0.15, 0.2) is 6.54 Å². The van der Waals surface area contributed by atoms with Gasteiger partial charge in [-0.1, -0.05) is 6.07 Å². The molecule has 0 atom stereocenters. The van der Waals surface area contributed by atoms with E-state index >= 15 is 0 Å². The lowest BCUT2D eigenvalue weighted by Gasteiger charge is -2.33. The Balaban J connectivity index is 1.52. The lowest BCUT2D eigenvalue weighted by molar-refractivity contribution is -0.892. The van der Waals surface area contributed by atoms with Gasteiger partial charge in [0.2, 0.25) is 0 Å². The number of halogens is 3. The van der Waals surface area contributed by atoms with Crippen LogP contribution in [0.25, 0.3) is 0 Å². The van der Waals surface area contributed by atoms with Crippen molar-refractivity contribution >= 4 is 17.3 Å². The Labute approximate surface area is 143 Å². The van der Waals surface area contributed by atoms with Gasteiger partial charge in [-0.25, -0.2) is 13.2 Å². The minimum absolute atomic E-state index is 0.144. The van der Waals surface area contributed by atoms with Crippen molar-refractivity contribution in [1.29, 1.82) is 0 Å². The van der Waals surface area contributed by atoms with Gasteiger partial charge in [0.05, 0.1) is 26.2 Å². The van der Waals surface area contributed by atoms with Crippen LogP contribution in [0.2, 0.25) is 0 Å². The van der Waals surface area contributed by atoms with Crippen molar-refractivity contribution in [2.45, 2.75) is 0 Å². The molecule has 2 aromatic rings. The molecular weight excluding hydrogens is 331 g/mol. The van der Waals surface area contributed by atoms with Gasteiger partial charge >= 0.3 is 0 Å². The lowest BCUT2D eigenvalue weighted by atomic mass is 10.2. The van der Waals surface area contributed by atoms with Crippen LogP contribution in [0.3, 0.4) is 0 Å². The largest absolute Gasteiger partial charge is 0.360 e. The van der Waals surface area contributed by atoms with Crippen LogP contribution < -0.4 is 15.1 Å². The van der Waals surface area contributed by atoms with Crippen LogP contribution in [0, 0.1) is 17.5 Å². The smallest absolute Gasteiger partial charge is 0.279 e. The molecule has 1 heterocycles. The summed E-state index contributed by atoms with van der Waals surface area (Å²) in [5, 5.41) is 2.31. The Kier molecular flexibility index (Phi) is 5.23. The number of anilines is 2. The number of rotatable bonds is 4. The number of nitrogens with one attached hydrogen (secondary N) is 2. The molecular formula is C18H19F3N3O+. The Morgan fingerprint density at radius 1 is 1.00 bits per heavy atom. The monoisotopic (exact) mass is 350 g/mol. The highest BCUT2D eigenvalue weighted by atomic mass is 19.1. The summed E-state index contributed by atoms with van der Waals surface area (Å²) in [4.78, 5) is 15.2. The Morgan fingerprint density at radius 2 is 1.60 bits per heavy atom. The summed E-state index contributed by atoms with van der Waals surface area (Å²) in [6, 6.07) is 9.76. The zero-order valence-corrected chi connectivity index (χ0v) is 13.6. The number of amides is 1. The van der Waals surface area contributed by atoms with E-state index in [1.54, 1.807) is 12.1 Å². The highest BCUT2D eigenvalue weighted by Crippen LogP contribution is 2.17. The summed E-state index contributed by atoms with van der Waals surface area (Å²) < 4.78 is 40.1. The predicted octanol–water partition coefficient (Wildman–Crippen LogP) is 1.45. The maximum absolute atomic E-state index is 13.6. The third-order valence-corrected chi connectivity index (χ3v) is 4.30. The van der Waals surface area contributed by atoms with Crippen LogP contribution in [-0.4, -0.2) is 38.6 Å². The maximum atomic E-state index is 13.6. The van der Waals surface area contributed by atoms with Gasteiger partial charge in [-0.2, -0.15) is 0 Å². The van der Waals surface area contributed by atoms with E-state index in [1.165, 1.54) is 18.2 Å². The average Bonchev–Trinajstić information content (AvgIpc) is 2.60. The van der Waals surface area contributed by atoms with E-state index in [1.807, 2.05) is 0 Å². The van der Waals surface area contributed by atoms with E-state index in [4.69, 9.17) is 0 Å². The number of carbonyl (C=O) groups excluding carboxylic acids is 1. The minimum atomic E-state index is -0.788. The van der Waals surface area contributed by atoms with Crippen LogP contribution in [0.1, 0.15) is 0 Å². The molecule has 1 amide bonds. The van der Waals surface area contributed by atoms with Crippen molar-refractivity contribution < 1.29 is 22.9 Å². The standard InChI is InChI=1S/C18H18F3N3O/c19-13-4-6-14(7-5-13)24-10-8-23(9-11-24)12-17(25)22-18-15(20)2-1-3-16(18)21/h1-7H,8-12H2,(H,22,25)/p+1. The van der Waals surface area contributed by atoms with Gasteiger partial charge in [0.1, 0.15) is 23.1 Å². The Morgan fingerprint density at radius 3 is 2.20 bits per heavy atom. The van der Waals surface area contributed by atoms with E-state index < -0.39 is 23.2 Å². The van der Waals surface area contributed by atoms with Crippen molar-refractivity contribution in [2.75, 3.05) is 42.9 Å².